The van der Waals surface area contributed by atoms with Gasteiger partial charge in [0.2, 0.25) is 0 Å². The molecule has 2 heteroatoms. The van der Waals surface area contributed by atoms with Crippen molar-refractivity contribution < 1.29 is 0 Å². The summed E-state index contributed by atoms with van der Waals surface area (Å²) in [6.45, 7) is 4.36. The van der Waals surface area contributed by atoms with Crippen LogP contribution in [0.3, 0.4) is 0 Å². The third kappa shape index (κ3) is 2.49. The summed E-state index contributed by atoms with van der Waals surface area (Å²) in [6.07, 6.45) is 0. The molecule has 0 aromatic heterocycles. The van der Waals surface area contributed by atoms with E-state index in [1.54, 1.807) is 0 Å². The Hall–Kier alpha value is -1.80. The van der Waals surface area contributed by atoms with Crippen molar-refractivity contribution in [2.75, 3.05) is 18.0 Å². The first-order chi connectivity index (χ1) is 9.36. The normalized spacial score (nSPS) is 23.3. The molecule has 1 aliphatic rings. The summed E-state index contributed by atoms with van der Waals surface area (Å²) in [7, 11) is 0. The zero-order valence-corrected chi connectivity index (χ0v) is 11.3. The Morgan fingerprint density at radius 3 is 2.26 bits per heavy atom. The van der Waals surface area contributed by atoms with Crippen molar-refractivity contribution >= 4 is 5.69 Å². The predicted molar refractivity (Wildman–Crippen MR) is 80.4 cm³/mol. The predicted octanol–water partition coefficient (Wildman–Crippen LogP) is 3.23. The maximum absolute atomic E-state index is 3.59. The average molecular weight is 252 g/mol. The maximum atomic E-state index is 3.59. The van der Waals surface area contributed by atoms with Crippen LogP contribution in [0.2, 0.25) is 0 Å². The fourth-order valence-corrected chi connectivity index (χ4v) is 2.96. The van der Waals surface area contributed by atoms with Crippen molar-refractivity contribution in [2.24, 2.45) is 0 Å². The highest BCUT2D eigenvalue weighted by Crippen LogP contribution is 2.31. The van der Waals surface area contributed by atoms with Gasteiger partial charge in [0.15, 0.2) is 0 Å². The van der Waals surface area contributed by atoms with Crippen LogP contribution in [0.25, 0.3) is 0 Å². The van der Waals surface area contributed by atoms with Gasteiger partial charge in [-0.15, -0.1) is 0 Å². The van der Waals surface area contributed by atoms with Crippen LogP contribution in [0.4, 0.5) is 5.69 Å². The van der Waals surface area contributed by atoms with Crippen molar-refractivity contribution in [3.63, 3.8) is 0 Å². The molecule has 2 atom stereocenters. The number of piperazine rings is 1. The zero-order valence-electron chi connectivity index (χ0n) is 11.3. The van der Waals surface area contributed by atoms with E-state index < -0.39 is 0 Å². The van der Waals surface area contributed by atoms with Gasteiger partial charge in [-0.1, -0.05) is 48.5 Å². The monoisotopic (exact) mass is 252 g/mol. The van der Waals surface area contributed by atoms with E-state index >= 15 is 0 Å². The van der Waals surface area contributed by atoms with E-state index in [4.69, 9.17) is 0 Å². The second-order valence-electron chi connectivity index (χ2n) is 5.13. The summed E-state index contributed by atoms with van der Waals surface area (Å²) in [4.78, 5) is 2.51. The standard InChI is InChI=1S/C17H20N2/c1-14-17(15-8-4-2-5-9-15)19(13-12-18-14)16-10-6-3-7-11-16/h2-11,14,17-18H,12-13H2,1H3. The summed E-state index contributed by atoms with van der Waals surface area (Å²) in [6, 6.07) is 22.3. The van der Waals surface area contributed by atoms with Crippen molar-refractivity contribution in [3.8, 4) is 0 Å². The first-order valence-corrected chi connectivity index (χ1v) is 6.96. The number of nitrogens with one attached hydrogen (secondary N) is 1. The highest BCUT2D eigenvalue weighted by atomic mass is 15.2. The van der Waals surface area contributed by atoms with Gasteiger partial charge in [0, 0.05) is 24.8 Å². The molecule has 0 amide bonds. The van der Waals surface area contributed by atoms with Gasteiger partial charge in [-0.05, 0) is 24.6 Å². The van der Waals surface area contributed by atoms with E-state index in [-0.39, 0.29) is 0 Å². The summed E-state index contributed by atoms with van der Waals surface area (Å²) in [5, 5.41) is 3.59. The number of anilines is 1. The van der Waals surface area contributed by atoms with Gasteiger partial charge < -0.3 is 10.2 Å². The fourth-order valence-electron chi connectivity index (χ4n) is 2.96. The van der Waals surface area contributed by atoms with Gasteiger partial charge in [-0.25, -0.2) is 0 Å². The molecule has 98 valence electrons. The Morgan fingerprint density at radius 1 is 0.947 bits per heavy atom. The Kier molecular flexibility index (Phi) is 3.51. The summed E-state index contributed by atoms with van der Waals surface area (Å²) < 4.78 is 0. The van der Waals surface area contributed by atoms with Crippen LogP contribution in [-0.4, -0.2) is 19.1 Å². The molecule has 2 aromatic rings. The van der Waals surface area contributed by atoms with Gasteiger partial charge in [0.05, 0.1) is 6.04 Å². The molecule has 3 rings (SSSR count). The lowest BCUT2D eigenvalue weighted by Crippen LogP contribution is -2.51. The minimum atomic E-state index is 0.400. The topological polar surface area (TPSA) is 15.3 Å². The Morgan fingerprint density at radius 2 is 1.58 bits per heavy atom. The maximum Gasteiger partial charge on any atom is 0.0693 e. The van der Waals surface area contributed by atoms with Gasteiger partial charge in [-0.3, -0.25) is 0 Å². The molecule has 0 bridgehead atoms. The van der Waals surface area contributed by atoms with Crippen molar-refractivity contribution in [3.05, 3.63) is 66.2 Å². The molecule has 1 aliphatic heterocycles. The molecule has 0 saturated carbocycles. The highest BCUT2D eigenvalue weighted by Gasteiger charge is 2.29. The van der Waals surface area contributed by atoms with Gasteiger partial charge in [-0.2, -0.15) is 0 Å². The van der Waals surface area contributed by atoms with Crippen molar-refractivity contribution in [2.45, 2.75) is 19.0 Å². The van der Waals surface area contributed by atoms with Crippen LogP contribution in [0.15, 0.2) is 60.7 Å². The molecule has 1 N–H and O–H groups in total. The summed E-state index contributed by atoms with van der Waals surface area (Å²) in [5.74, 6) is 0. The van der Waals surface area contributed by atoms with Crippen LogP contribution in [-0.2, 0) is 0 Å². The van der Waals surface area contributed by atoms with Crippen LogP contribution >= 0.6 is 0 Å². The SMILES string of the molecule is CC1NCCN(c2ccccc2)C1c1ccccc1. The lowest BCUT2D eigenvalue weighted by Gasteiger charge is -2.42. The Labute approximate surface area is 115 Å². The lowest BCUT2D eigenvalue weighted by molar-refractivity contribution is 0.393. The molecular formula is C17H20N2. The molecule has 0 spiro atoms. The van der Waals surface area contributed by atoms with E-state index in [1.807, 2.05) is 0 Å². The Bertz CT molecular complexity index is 509. The first-order valence-electron chi connectivity index (χ1n) is 6.96. The molecule has 0 aliphatic carbocycles. The van der Waals surface area contributed by atoms with Crippen LogP contribution in [0.5, 0.6) is 0 Å². The fraction of sp³-hybridized carbons (Fsp3) is 0.294. The number of benzene rings is 2. The second-order valence-corrected chi connectivity index (χ2v) is 5.13. The molecule has 1 fully saturated rings. The lowest BCUT2D eigenvalue weighted by atomic mass is 9.96. The molecule has 19 heavy (non-hydrogen) atoms. The zero-order chi connectivity index (χ0) is 13.1. The molecule has 2 unspecified atom stereocenters. The molecular weight excluding hydrogens is 232 g/mol. The van der Waals surface area contributed by atoms with Gasteiger partial charge >= 0.3 is 0 Å². The van der Waals surface area contributed by atoms with E-state index in [0.717, 1.165) is 13.1 Å². The minimum Gasteiger partial charge on any atom is -0.362 e. The summed E-state index contributed by atoms with van der Waals surface area (Å²) >= 11 is 0. The molecule has 1 saturated heterocycles. The van der Waals surface area contributed by atoms with Crippen molar-refractivity contribution in [1.82, 2.24) is 5.32 Å². The van der Waals surface area contributed by atoms with E-state index in [1.165, 1.54) is 11.3 Å². The van der Waals surface area contributed by atoms with Crippen LogP contribution in [0.1, 0.15) is 18.5 Å². The van der Waals surface area contributed by atoms with Gasteiger partial charge in [0.1, 0.15) is 0 Å². The van der Waals surface area contributed by atoms with Crippen LogP contribution in [0, 0.1) is 0 Å². The molecule has 0 radical (unpaired) electrons. The third-order valence-electron chi connectivity index (χ3n) is 3.86. The van der Waals surface area contributed by atoms with Crippen LogP contribution < -0.4 is 10.2 Å². The molecule has 1 heterocycles. The highest BCUT2D eigenvalue weighted by molar-refractivity contribution is 5.50. The van der Waals surface area contributed by atoms with E-state index in [9.17, 15) is 0 Å². The number of hydrogen-bond acceptors (Lipinski definition) is 2. The third-order valence-corrected chi connectivity index (χ3v) is 3.86. The van der Waals surface area contributed by atoms with E-state index in [0.29, 0.717) is 12.1 Å². The largest absolute Gasteiger partial charge is 0.362 e. The smallest absolute Gasteiger partial charge is 0.0693 e. The molecule has 2 aromatic carbocycles. The number of nitrogens with zero attached hydrogens (tertiary/aromatic N) is 1. The minimum absolute atomic E-state index is 0.400. The Balaban J connectivity index is 1.97. The van der Waals surface area contributed by atoms with E-state index in [2.05, 4.69) is 77.8 Å². The second kappa shape index (κ2) is 5.45. The summed E-state index contributed by atoms with van der Waals surface area (Å²) in [5.41, 5.74) is 2.69. The average Bonchev–Trinajstić information content (AvgIpc) is 2.49. The quantitative estimate of drug-likeness (QED) is 0.883. The number of para-hydroxylation sites is 1. The van der Waals surface area contributed by atoms with Gasteiger partial charge in [0.25, 0.3) is 0 Å². The molecule has 2 nitrogen and oxygen atoms in total. The number of rotatable bonds is 2. The number of hydrogen-bond donors (Lipinski definition) is 1. The first kappa shape index (κ1) is 12.2. The van der Waals surface area contributed by atoms with Crippen molar-refractivity contribution in [1.29, 1.82) is 0 Å².